The van der Waals surface area contributed by atoms with Crippen LogP contribution < -0.4 is 20.1 Å². The number of nitrogens with zero attached hydrogens (tertiary/aromatic N) is 1. The fourth-order valence-electron chi connectivity index (χ4n) is 2.09. The monoisotopic (exact) mass is 339 g/mol. The summed E-state index contributed by atoms with van der Waals surface area (Å²) in [5.41, 5.74) is 1.41. The third-order valence-corrected chi connectivity index (χ3v) is 3.30. The SMILES string of the molecule is COc1ccc(OC)c(NC(=O)CC(=O)Nc2ccc(C#N)cc2)c1. The van der Waals surface area contributed by atoms with E-state index in [1.165, 1.54) is 14.2 Å². The van der Waals surface area contributed by atoms with Crippen molar-refractivity contribution in [1.29, 1.82) is 5.26 Å². The lowest BCUT2D eigenvalue weighted by Gasteiger charge is -2.12. The number of hydrogen-bond donors (Lipinski definition) is 2. The van der Waals surface area contributed by atoms with Crippen LogP contribution in [0.4, 0.5) is 11.4 Å². The first-order chi connectivity index (χ1) is 12.0. The van der Waals surface area contributed by atoms with Crippen LogP contribution >= 0.6 is 0 Å². The Bertz CT molecular complexity index is 810. The molecule has 0 heterocycles. The van der Waals surface area contributed by atoms with Crippen molar-refractivity contribution in [2.45, 2.75) is 6.42 Å². The summed E-state index contributed by atoms with van der Waals surface area (Å²) in [6.45, 7) is 0. The number of nitriles is 1. The molecule has 0 unspecified atom stereocenters. The van der Waals surface area contributed by atoms with E-state index >= 15 is 0 Å². The van der Waals surface area contributed by atoms with Gasteiger partial charge in [0.05, 0.1) is 31.5 Å². The van der Waals surface area contributed by atoms with Crippen molar-refractivity contribution >= 4 is 23.2 Å². The minimum atomic E-state index is -0.488. The van der Waals surface area contributed by atoms with Crippen molar-refractivity contribution in [3.63, 3.8) is 0 Å². The van der Waals surface area contributed by atoms with E-state index in [9.17, 15) is 9.59 Å². The molecule has 7 nitrogen and oxygen atoms in total. The van der Waals surface area contributed by atoms with Gasteiger partial charge < -0.3 is 20.1 Å². The van der Waals surface area contributed by atoms with Gasteiger partial charge in [0.1, 0.15) is 17.9 Å². The van der Waals surface area contributed by atoms with E-state index in [4.69, 9.17) is 14.7 Å². The van der Waals surface area contributed by atoms with Gasteiger partial charge in [-0.3, -0.25) is 9.59 Å². The van der Waals surface area contributed by atoms with E-state index in [1.807, 2.05) is 6.07 Å². The number of rotatable bonds is 6. The average molecular weight is 339 g/mol. The quantitative estimate of drug-likeness (QED) is 0.788. The summed E-state index contributed by atoms with van der Waals surface area (Å²) in [4.78, 5) is 24.0. The molecule has 0 aliphatic heterocycles. The number of anilines is 2. The molecule has 2 aromatic carbocycles. The maximum Gasteiger partial charge on any atom is 0.233 e. The van der Waals surface area contributed by atoms with Crippen LogP contribution in [0.3, 0.4) is 0 Å². The molecule has 0 aliphatic carbocycles. The lowest BCUT2D eigenvalue weighted by molar-refractivity contribution is -0.123. The number of carbonyl (C=O) groups is 2. The number of ether oxygens (including phenoxy) is 2. The number of benzene rings is 2. The number of carbonyl (C=O) groups excluding carboxylic acids is 2. The number of hydrogen-bond acceptors (Lipinski definition) is 5. The van der Waals surface area contributed by atoms with Gasteiger partial charge in [0.25, 0.3) is 0 Å². The first kappa shape index (κ1) is 17.8. The van der Waals surface area contributed by atoms with Crippen molar-refractivity contribution < 1.29 is 19.1 Å². The van der Waals surface area contributed by atoms with Gasteiger partial charge in [-0.2, -0.15) is 5.26 Å². The van der Waals surface area contributed by atoms with Crippen LogP contribution in [0.2, 0.25) is 0 Å². The van der Waals surface area contributed by atoms with Crippen LogP contribution in [0.15, 0.2) is 42.5 Å². The molecular weight excluding hydrogens is 322 g/mol. The Labute approximate surface area is 145 Å². The second-order valence-corrected chi connectivity index (χ2v) is 5.03. The Balaban J connectivity index is 1.97. The molecule has 0 aliphatic rings. The maximum absolute atomic E-state index is 12.1. The minimum absolute atomic E-state index is 0.361. The maximum atomic E-state index is 12.1. The first-order valence-corrected chi connectivity index (χ1v) is 7.37. The zero-order valence-corrected chi connectivity index (χ0v) is 13.8. The van der Waals surface area contributed by atoms with Crippen LogP contribution in [0, 0.1) is 11.3 Å². The summed E-state index contributed by atoms with van der Waals surface area (Å²) in [5.74, 6) is 0.0570. The normalized spacial score (nSPS) is 9.64. The largest absolute Gasteiger partial charge is 0.497 e. The Kier molecular flexibility index (Phi) is 5.96. The van der Waals surface area contributed by atoms with Gasteiger partial charge in [-0.1, -0.05) is 0 Å². The highest BCUT2D eigenvalue weighted by Gasteiger charge is 2.13. The minimum Gasteiger partial charge on any atom is -0.497 e. The predicted octanol–water partition coefficient (Wildman–Crippen LogP) is 2.54. The van der Waals surface area contributed by atoms with Crippen LogP contribution in [0.5, 0.6) is 11.5 Å². The number of amides is 2. The van der Waals surface area contributed by atoms with Gasteiger partial charge >= 0.3 is 0 Å². The van der Waals surface area contributed by atoms with Crippen LogP contribution in [-0.2, 0) is 9.59 Å². The van der Waals surface area contributed by atoms with E-state index in [1.54, 1.807) is 42.5 Å². The number of nitrogens with one attached hydrogen (secondary N) is 2. The molecule has 0 radical (unpaired) electrons. The van der Waals surface area contributed by atoms with E-state index in [0.29, 0.717) is 28.4 Å². The van der Waals surface area contributed by atoms with Gasteiger partial charge in [0, 0.05) is 11.8 Å². The summed E-state index contributed by atoms with van der Waals surface area (Å²) < 4.78 is 10.3. The summed E-state index contributed by atoms with van der Waals surface area (Å²) in [5, 5.41) is 14.0. The van der Waals surface area contributed by atoms with Crippen molar-refractivity contribution in [3.8, 4) is 17.6 Å². The van der Waals surface area contributed by atoms with Gasteiger partial charge in [0.2, 0.25) is 11.8 Å². The van der Waals surface area contributed by atoms with Crippen molar-refractivity contribution in [2.75, 3.05) is 24.9 Å². The summed E-state index contributed by atoms with van der Waals surface area (Å²) in [7, 11) is 2.99. The Morgan fingerprint density at radius 3 is 2.28 bits per heavy atom. The topological polar surface area (TPSA) is 100 Å². The number of methoxy groups -OCH3 is 2. The van der Waals surface area contributed by atoms with E-state index in [0.717, 1.165) is 0 Å². The smallest absolute Gasteiger partial charge is 0.233 e. The fraction of sp³-hybridized carbons (Fsp3) is 0.167. The lowest BCUT2D eigenvalue weighted by Crippen LogP contribution is -2.21. The Morgan fingerprint density at radius 1 is 1.00 bits per heavy atom. The second kappa shape index (κ2) is 8.36. The molecular formula is C18H17N3O4. The Morgan fingerprint density at radius 2 is 1.68 bits per heavy atom. The molecule has 25 heavy (non-hydrogen) atoms. The highest BCUT2D eigenvalue weighted by atomic mass is 16.5. The van der Waals surface area contributed by atoms with E-state index in [-0.39, 0.29) is 6.42 Å². The Hall–Kier alpha value is -3.53. The lowest BCUT2D eigenvalue weighted by atomic mass is 10.2. The van der Waals surface area contributed by atoms with Crippen LogP contribution in [0.25, 0.3) is 0 Å². The average Bonchev–Trinajstić information content (AvgIpc) is 2.62. The standard InChI is InChI=1S/C18H17N3O4/c1-24-14-7-8-16(25-2)15(9-14)21-18(23)10-17(22)20-13-5-3-12(11-19)4-6-13/h3-9H,10H2,1-2H3,(H,20,22)(H,21,23). The summed E-state index contributed by atoms with van der Waals surface area (Å²) in [6.07, 6.45) is -0.361. The molecule has 0 fully saturated rings. The molecule has 0 spiro atoms. The molecule has 2 N–H and O–H groups in total. The zero-order chi connectivity index (χ0) is 18.2. The van der Waals surface area contributed by atoms with Gasteiger partial charge in [-0.05, 0) is 36.4 Å². The predicted molar refractivity (Wildman–Crippen MR) is 92.6 cm³/mol. The first-order valence-electron chi connectivity index (χ1n) is 7.37. The summed E-state index contributed by atoms with van der Waals surface area (Å²) >= 11 is 0. The molecule has 2 aromatic rings. The van der Waals surface area contributed by atoms with Crippen molar-refractivity contribution in [2.24, 2.45) is 0 Å². The molecule has 0 saturated carbocycles. The molecule has 2 amide bonds. The molecule has 0 atom stereocenters. The second-order valence-electron chi connectivity index (χ2n) is 5.03. The van der Waals surface area contributed by atoms with Gasteiger partial charge in [-0.15, -0.1) is 0 Å². The fourth-order valence-corrected chi connectivity index (χ4v) is 2.09. The molecule has 7 heteroatoms. The summed E-state index contributed by atoms with van der Waals surface area (Å²) in [6, 6.07) is 13.3. The molecule has 0 aromatic heterocycles. The van der Waals surface area contributed by atoms with Crippen LogP contribution in [-0.4, -0.2) is 26.0 Å². The molecule has 0 saturated heterocycles. The molecule has 0 bridgehead atoms. The van der Waals surface area contributed by atoms with Gasteiger partial charge in [-0.25, -0.2) is 0 Å². The van der Waals surface area contributed by atoms with Crippen LogP contribution in [0.1, 0.15) is 12.0 Å². The molecule has 128 valence electrons. The highest BCUT2D eigenvalue weighted by molar-refractivity contribution is 6.08. The third-order valence-electron chi connectivity index (χ3n) is 3.30. The highest BCUT2D eigenvalue weighted by Crippen LogP contribution is 2.28. The van der Waals surface area contributed by atoms with E-state index < -0.39 is 11.8 Å². The van der Waals surface area contributed by atoms with Crippen molar-refractivity contribution in [1.82, 2.24) is 0 Å². The zero-order valence-electron chi connectivity index (χ0n) is 13.8. The molecule has 2 rings (SSSR count). The van der Waals surface area contributed by atoms with E-state index in [2.05, 4.69) is 10.6 Å². The van der Waals surface area contributed by atoms with Gasteiger partial charge in [0.15, 0.2) is 0 Å². The third kappa shape index (κ3) is 4.97. The van der Waals surface area contributed by atoms with Crippen molar-refractivity contribution in [3.05, 3.63) is 48.0 Å².